The fourth-order valence-electron chi connectivity index (χ4n) is 0.444. The molecular formula is C8H13. The normalized spacial score (nSPS) is 11.5. The molecule has 0 fully saturated rings. The quantitative estimate of drug-likeness (QED) is 0.489. The Bertz CT molecular complexity index is 88.2. The van der Waals surface area contributed by atoms with E-state index in [-0.39, 0.29) is 0 Å². The molecule has 0 saturated heterocycles. The van der Waals surface area contributed by atoms with Crippen molar-refractivity contribution in [3.8, 4) is 0 Å². The summed E-state index contributed by atoms with van der Waals surface area (Å²) in [5.74, 6) is 0. The van der Waals surface area contributed by atoms with E-state index >= 15 is 0 Å². The van der Waals surface area contributed by atoms with Gasteiger partial charge < -0.3 is 0 Å². The molecule has 0 bridgehead atoms. The molecule has 0 aliphatic heterocycles. The first kappa shape index (κ1) is 7.48. The van der Waals surface area contributed by atoms with Crippen LogP contribution in [0.4, 0.5) is 0 Å². The number of rotatable bonds is 3. The highest BCUT2D eigenvalue weighted by Crippen LogP contribution is 2.01. The van der Waals surface area contributed by atoms with E-state index in [2.05, 4.69) is 19.6 Å². The van der Waals surface area contributed by atoms with E-state index < -0.39 is 0 Å². The van der Waals surface area contributed by atoms with E-state index in [1.54, 1.807) is 0 Å². The van der Waals surface area contributed by atoms with Gasteiger partial charge in [-0.2, -0.15) is 0 Å². The van der Waals surface area contributed by atoms with Crippen molar-refractivity contribution in [2.45, 2.75) is 26.7 Å². The van der Waals surface area contributed by atoms with E-state index in [1.807, 2.05) is 13.0 Å². The zero-order valence-electron chi connectivity index (χ0n) is 5.70. The van der Waals surface area contributed by atoms with Crippen molar-refractivity contribution < 1.29 is 0 Å². The standard InChI is InChI=1S/C8H13/c1-4-6-7-8(3)5-2/h4H,1,6-7H2,2-3H3. The van der Waals surface area contributed by atoms with Crippen molar-refractivity contribution in [2.75, 3.05) is 0 Å². The summed E-state index contributed by atoms with van der Waals surface area (Å²) in [6, 6.07) is 0. The van der Waals surface area contributed by atoms with Gasteiger partial charge in [-0.1, -0.05) is 11.6 Å². The van der Waals surface area contributed by atoms with Gasteiger partial charge >= 0.3 is 0 Å². The molecule has 0 N–H and O–H groups in total. The van der Waals surface area contributed by atoms with Gasteiger partial charge in [-0.25, -0.2) is 0 Å². The summed E-state index contributed by atoms with van der Waals surface area (Å²) in [5.41, 5.74) is 1.32. The molecule has 0 amide bonds. The molecule has 0 saturated carbocycles. The number of allylic oxidation sites excluding steroid dienone is 3. The maximum atomic E-state index is 3.63. The molecule has 0 aliphatic rings. The third kappa shape index (κ3) is 3.66. The summed E-state index contributed by atoms with van der Waals surface area (Å²) >= 11 is 0. The maximum absolute atomic E-state index is 3.63. The molecule has 0 heteroatoms. The fraction of sp³-hybridized carbons (Fsp3) is 0.500. The van der Waals surface area contributed by atoms with Crippen LogP contribution in [0.15, 0.2) is 18.2 Å². The van der Waals surface area contributed by atoms with E-state index in [1.165, 1.54) is 5.57 Å². The van der Waals surface area contributed by atoms with Gasteiger partial charge in [0.05, 0.1) is 0 Å². The molecule has 0 heterocycles. The summed E-state index contributed by atoms with van der Waals surface area (Å²) in [7, 11) is 0. The molecule has 0 atom stereocenters. The van der Waals surface area contributed by atoms with Crippen LogP contribution in [0.1, 0.15) is 26.7 Å². The minimum absolute atomic E-state index is 1.08. The van der Waals surface area contributed by atoms with Gasteiger partial charge in [0.15, 0.2) is 0 Å². The summed E-state index contributed by atoms with van der Waals surface area (Å²) in [5, 5.41) is 0. The van der Waals surface area contributed by atoms with Gasteiger partial charge in [0.2, 0.25) is 0 Å². The van der Waals surface area contributed by atoms with Gasteiger partial charge in [-0.15, -0.1) is 6.58 Å². The van der Waals surface area contributed by atoms with Gasteiger partial charge in [0.25, 0.3) is 0 Å². The molecule has 0 aromatic rings. The van der Waals surface area contributed by atoms with Crippen LogP contribution in [0.5, 0.6) is 0 Å². The Morgan fingerprint density at radius 3 is 2.75 bits per heavy atom. The van der Waals surface area contributed by atoms with Gasteiger partial charge in [0.1, 0.15) is 0 Å². The van der Waals surface area contributed by atoms with Crippen molar-refractivity contribution in [1.82, 2.24) is 0 Å². The van der Waals surface area contributed by atoms with Gasteiger partial charge in [-0.3, -0.25) is 0 Å². The van der Waals surface area contributed by atoms with Crippen molar-refractivity contribution in [2.24, 2.45) is 0 Å². The predicted octanol–water partition coefficient (Wildman–Crippen LogP) is 2.72. The third-order valence-corrected chi connectivity index (χ3v) is 1.15. The Balaban J connectivity index is 3.24. The molecule has 0 spiro atoms. The molecule has 8 heavy (non-hydrogen) atoms. The lowest BCUT2D eigenvalue weighted by Gasteiger charge is -1.91. The van der Waals surface area contributed by atoms with Crippen LogP contribution in [0.3, 0.4) is 0 Å². The number of hydrogen-bond donors (Lipinski definition) is 0. The first-order valence-electron chi connectivity index (χ1n) is 2.92. The third-order valence-electron chi connectivity index (χ3n) is 1.15. The highest BCUT2D eigenvalue weighted by Gasteiger charge is 1.82. The SMILES string of the molecule is C=CCC/C(C)=[C]/C. The minimum Gasteiger partial charge on any atom is -0.103 e. The predicted molar refractivity (Wildman–Crippen MR) is 37.5 cm³/mol. The lowest BCUT2D eigenvalue weighted by atomic mass is 10.1. The average molecular weight is 109 g/mol. The monoisotopic (exact) mass is 109 g/mol. The van der Waals surface area contributed by atoms with E-state index in [0.29, 0.717) is 0 Å². The second-order valence-electron chi connectivity index (χ2n) is 1.86. The minimum atomic E-state index is 1.08. The summed E-state index contributed by atoms with van der Waals surface area (Å²) in [6.07, 6.45) is 7.19. The molecule has 1 radical (unpaired) electrons. The number of hydrogen-bond acceptors (Lipinski definition) is 0. The Morgan fingerprint density at radius 1 is 1.75 bits per heavy atom. The van der Waals surface area contributed by atoms with E-state index in [4.69, 9.17) is 0 Å². The van der Waals surface area contributed by atoms with Crippen LogP contribution in [0.2, 0.25) is 0 Å². The topological polar surface area (TPSA) is 0 Å². The molecular weight excluding hydrogens is 96.1 g/mol. The van der Waals surface area contributed by atoms with Crippen molar-refractivity contribution >= 4 is 0 Å². The van der Waals surface area contributed by atoms with Crippen LogP contribution in [0, 0.1) is 6.08 Å². The molecule has 0 aromatic carbocycles. The Hall–Kier alpha value is -0.520. The van der Waals surface area contributed by atoms with E-state index in [0.717, 1.165) is 12.8 Å². The fourth-order valence-corrected chi connectivity index (χ4v) is 0.444. The zero-order chi connectivity index (χ0) is 6.41. The van der Waals surface area contributed by atoms with Crippen LogP contribution in [0.25, 0.3) is 0 Å². The second-order valence-corrected chi connectivity index (χ2v) is 1.86. The van der Waals surface area contributed by atoms with Crippen LogP contribution >= 0.6 is 0 Å². The first-order chi connectivity index (χ1) is 3.81. The van der Waals surface area contributed by atoms with Crippen molar-refractivity contribution in [3.63, 3.8) is 0 Å². The molecule has 45 valence electrons. The smallest absolute Gasteiger partial charge is 0.0283 e. The van der Waals surface area contributed by atoms with Crippen LogP contribution in [-0.2, 0) is 0 Å². The Kier molecular flexibility index (Phi) is 4.33. The average Bonchev–Trinajstić information content (AvgIpc) is 1.83. The summed E-state index contributed by atoms with van der Waals surface area (Å²) in [6.45, 7) is 7.66. The second kappa shape index (κ2) is 4.63. The van der Waals surface area contributed by atoms with Crippen molar-refractivity contribution in [1.29, 1.82) is 0 Å². The molecule has 0 rings (SSSR count). The molecule has 0 unspecified atom stereocenters. The highest BCUT2D eigenvalue weighted by molar-refractivity contribution is 4.91. The molecule has 0 aliphatic carbocycles. The van der Waals surface area contributed by atoms with Crippen molar-refractivity contribution in [3.05, 3.63) is 24.3 Å². The zero-order valence-corrected chi connectivity index (χ0v) is 5.70. The maximum Gasteiger partial charge on any atom is -0.0283 e. The van der Waals surface area contributed by atoms with Crippen LogP contribution in [-0.4, -0.2) is 0 Å². The van der Waals surface area contributed by atoms with Gasteiger partial charge in [0, 0.05) is 0 Å². The van der Waals surface area contributed by atoms with Gasteiger partial charge in [-0.05, 0) is 32.8 Å². The summed E-state index contributed by atoms with van der Waals surface area (Å²) < 4.78 is 0. The largest absolute Gasteiger partial charge is 0.103 e. The molecule has 0 aromatic heterocycles. The lowest BCUT2D eigenvalue weighted by Crippen LogP contribution is -1.72. The Morgan fingerprint density at radius 2 is 2.38 bits per heavy atom. The van der Waals surface area contributed by atoms with Crippen LogP contribution < -0.4 is 0 Å². The highest BCUT2D eigenvalue weighted by atomic mass is 13.9. The summed E-state index contributed by atoms with van der Waals surface area (Å²) in [4.78, 5) is 0. The first-order valence-corrected chi connectivity index (χ1v) is 2.92. The lowest BCUT2D eigenvalue weighted by molar-refractivity contribution is 0.970. The van der Waals surface area contributed by atoms with E-state index in [9.17, 15) is 0 Å². The Labute approximate surface area is 51.9 Å². The molecule has 0 nitrogen and oxygen atoms in total.